The number of carbonyl (C=O) groups excluding carboxylic acids is 2. The number of benzene rings is 1. The number of nitrogens with zero attached hydrogens (tertiary/aromatic N) is 2. The molecule has 1 fully saturated rings. The van der Waals surface area contributed by atoms with Crippen molar-refractivity contribution in [1.82, 2.24) is 15.1 Å². The van der Waals surface area contributed by atoms with E-state index in [4.69, 9.17) is 27.9 Å². The number of likely N-dealkylation sites (tertiary alicyclic amines) is 1. The minimum absolute atomic E-state index is 0.229. The van der Waals surface area contributed by atoms with Crippen molar-refractivity contribution in [2.75, 3.05) is 32.8 Å². The van der Waals surface area contributed by atoms with Crippen molar-refractivity contribution in [2.24, 2.45) is 5.92 Å². The number of nitrogens with one attached hydrogen (secondary N) is 1. The van der Waals surface area contributed by atoms with Gasteiger partial charge in [-0.2, -0.15) is 0 Å². The molecule has 1 aromatic rings. The van der Waals surface area contributed by atoms with Gasteiger partial charge < -0.3 is 10.1 Å². The predicted molar refractivity (Wildman–Crippen MR) is 123 cm³/mol. The van der Waals surface area contributed by atoms with Crippen molar-refractivity contribution in [3.8, 4) is 0 Å². The minimum atomic E-state index is -0.726. The van der Waals surface area contributed by atoms with Crippen LogP contribution in [0, 0.1) is 5.92 Å². The van der Waals surface area contributed by atoms with Crippen LogP contribution in [0.25, 0.3) is 0 Å². The van der Waals surface area contributed by atoms with Gasteiger partial charge in [0.05, 0.1) is 18.2 Å². The Morgan fingerprint density at radius 2 is 2.03 bits per heavy atom. The molecule has 3 rings (SSSR count). The zero-order valence-electron chi connectivity index (χ0n) is 18.0. The van der Waals surface area contributed by atoms with Gasteiger partial charge >= 0.3 is 12.0 Å². The van der Waals surface area contributed by atoms with E-state index < -0.39 is 12.0 Å². The van der Waals surface area contributed by atoms with Gasteiger partial charge in [-0.1, -0.05) is 42.3 Å². The minimum Gasteiger partial charge on any atom is -0.463 e. The normalized spacial score (nSPS) is 20.6. The Hall–Kier alpha value is -2.02. The van der Waals surface area contributed by atoms with Gasteiger partial charge in [0.1, 0.15) is 0 Å². The Bertz CT molecular complexity index is 879. The number of amides is 2. The first-order valence-corrected chi connectivity index (χ1v) is 11.4. The summed E-state index contributed by atoms with van der Waals surface area (Å²) in [5, 5.41) is 3.78. The number of ether oxygens (including phenoxy) is 1. The van der Waals surface area contributed by atoms with E-state index in [2.05, 4.69) is 23.7 Å². The second-order valence-corrected chi connectivity index (χ2v) is 8.83. The second kappa shape index (κ2) is 10.5. The van der Waals surface area contributed by atoms with Gasteiger partial charge in [-0.15, -0.1) is 6.58 Å². The highest BCUT2D eigenvalue weighted by atomic mass is 35.5. The molecule has 0 bridgehead atoms. The third kappa shape index (κ3) is 5.43. The van der Waals surface area contributed by atoms with E-state index in [0.29, 0.717) is 39.3 Å². The number of halogens is 2. The Balaban J connectivity index is 2.10. The van der Waals surface area contributed by atoms with E-state index in [1.165, 1.54) is 0 Å². The number of piperidine rings is 1. The molecule has 1 aromatic carbocycles. The number of rotatable bonds is 7. The standard InChI is InChI=1S/C23H29Cl2N3O3/c1-4-10-28-19(14-27-11-8-15(3)9-12-27)20(22(29)31-5-2)21(26-23(28)30)17-7-6-16(24)13-18(17)25/h4,6-7,13,15,21H,1,5,8-12,14H2,2-3H3,(H,26,30)/t21-/m0/s1. The molecule has 8 heteroatoms. The second-order valence-electron chi connectivity index (χ2n) is 7.99. The molecule has 0 aliphatic carbocycles. The summed E-state index contributed by atoms with van der Waals surface area (Å²) < 4.78 is 5.41. The quantitative estimate of drug-likeness (QED) is 0.464. The molecule has 2 aliphatic heterocycles. The van der Waals surface area contributed by atoms with E-state index in [1.807, 2.05) is 0 Å². The highest BCUT2D eigenvalue weighted by molar-refractivity contribution is 6.35. The SMILES string of the molecule is C=CCN1C(=O)N[C@@H](c2ccc(Cl)cc2Cl)C(C(=O)OCC)=C1CN1CCC(C)CC1. The molecule has 2 amide bonds. The fourth-order valence-corrected chi connectivity index (χ4v) is 4.56. The zero-order chi connectivity index (χ0) is 22.5. The number of esters is 1. The lowest BCUT2D eigenvalue weighted by atomic mass is 9.93. The predicted octanol–water partition coefficient (Wildman–Crippen LogP) is 4.79. The van der Waals surface area contributed by atoms with E-state index in [1.54, 1.807) is 36.1 Å². The maximum atomic E-state index is 13.1. The van der Waals surface area contributed by atoms with Gasteiger partial charge in [0, 0.05) is 28.8 Å². The van der Waals surface area contributed by atoms with Crippen LogP contribution in [0.3, 0.4) is 0 Å². The van der Waals surface area contributed by atoms with E-state index in [0.717, 1.165) is 25.9 Å². The summed E-state index contributed by atoms with van der Waals surface area (Å²) in [6.45, 7) is 10.6. The summed E-state index contributed by atoms with van der Waals surface area (Å²) in [6.07, 6.45) is 3.82. The molecule has 1 N–H and O–H groups in total. The molecule has 2 heterocycles. The first-order valence-electron chi connectivity index (χ1n) is 10.6. The Labute approximate surface area is 193 Å². The van der Waals surface area contributed by atoms with E-state index in [9.17, 15) is 9.59 Å². The van der Waals surface area contributed by atoms with Crippen molar-refractivity contribution >= 4 is 35.2 Å². The number of hydrogen-bond donors (Lipinski definition) is 1. The molecular weight excluding hydrogens is 437 g/mol. The molecule has 168 valence electrons. The average molecular weight is 466 g/mol. The Morgan fingerprint density at radius 1 is 1.32 bits per heavy atom. The third-order valence-corrected chi connectivity index (χ3v) is 6.33. The van der Waals surface area contributed by atoms with Crippen molar-refractivity contribution in [3.63, 3.8) is 0 Å². The molecule has 0 spiro atoms. The van der Waals surface area contributed by atoms with Crippen LogP contribution in [-0.4, -0.2) is 54.6 Å². The van der Waals surface area contributed by atoms with Crippen LogP contribution < -0.4 is 5.32 Å². The van der Waals surface area contributed by atoms with Gasteiger partial charge in [0.15, 0.2) is 0 Å². The topological polar surface area (TPSA) is 61.9 Å². The smallest absolute Gasteiger partial charge is 0.338 e. The van der Waals surface area contributed by atoms with Crippen LogP contribution >= 0.6 is 23.2 Å². The Morgan fingerprint density at radius 3 is 2.65 bits per heavy atom. The molecule has 0 unspecified atom stereocenters. The van der Waals surface area contributed by atoms with E-state index in [-0.39, 0.29) is 19.2 Å². The van der Waals surface area contributed by atoms with Crippen molar-refractivity contribution in [2.45, 2.75) is 32.7 Å². The van der Waals surface area contributed by atoms with Gasteiger partial charge in [0.2, 0.25) is 0 Å². The fraction of sp³-hybridized carbons (Fsp3) is 0.478. The lowest BCUT2D eigenvalue weighted by Gasteiger charge is -2.39. The molecule has 31 heavy (non-hydrogen) atoms. The molecule has 0 aromatic heterocycles. The average Bonchev–Trinajstić information content (AvgIpc) is 2.72. The zero-order valence-corrected chi connectivity index (χ0v) is 19.5. The van der Waals surface area contributed by atoms with Gasteiger partial charge in [-0.25, -0.2) is 9.59 Å². The lowest BCUT2D eigenvalue weighted by molar-refractivity contribution is -0.139. The third-order valence-electron chi connectivity index (χ3n) is 5.77. The summed E-state index contributed by atoms with van der Waals surface area (Å²) in [7, 11) is 0. The first kappa shape index (κ1) is 23.6. The van der Waals surface area contributed by atoms with Crippen LogP contribution in [-0.2, 0) is 9.53 Å². The largest absolute Gasteiger partial charge is 0.463 e. The number of urea groups is 1. The Kier molecular flexibility index (Phi) is 8.03. The molecular formula is C23H29Cl2N3O3. The van der Waals surface area contributed by atoms with E-state index >= 15 is 0 Å². The molecule has 2 aliphatic rings. The van der Waals surface area contributed by atoms with Crippen molar-refractivity contribution in [3.05, 3.63) is 57.7 Å². The number of carbonyl (C=O) groups is 2. The van der Waals surface area contributed by atoms with Gasteiger partial charge in [-0.3, -0.25) is 9.80 Å². The van der Waals surface area contributed by atoms with Crippen LogP contribution in [0.5, 0.6) is 0 Å². The van der Waals surface area contributed by atoms with Crippen molar-refractivity contribution < 1.29 is 14.3 Å². The first-order chi connectivity index (χ1) is 14.8. The van der Waals surface area contributed by atoms with Gasteiger partial charge in [-0.05, 0) is 56.5 Å². The molecule has 1 atom stereocenters. The van der Waals surface area contributed by atoms with Crippen LogP contribution in [0.1, 0.15) is 38.3 Å². The highest BCUT2D eigenvalue weighted by Crippen LogP contribution is 2.36. The summed E-state index contributed by atoms with van der Waals surface area (Å²) >= 11 is 12.5. The maximum absolute atomic E-state index is 13.1. The highest BCUT2D eigenvalue weighted by Gasteiger charge is 2.39. The molecule has 6 nitrogen and oxygen atoms in total. The maximum Gasteiger partial charge on any atom is 0.338 e. The summed E-state index contributed by atoms with van der Waals surface area (Å²) in [5.41, 5.74) is 1.63. The number of hydrogen-bond acceptors (Lipinski definition) is 4. The van der Waals surface area contributed by atoms with Gasteiger partial charge in [0.25, 0.3) is 0 Å². The fourth-order valence-electron chi connectivity index (χ4n) is 4.05. The summed E-state index contributed by atoms with van der Waals surface area (Å²) in [4.78, 5) is 30.1. The van der Waals surface area contributed by atoms with Crippen LogP contribution in [0.2, 0.25) is 10.0 Å². The summed E-state index contributed by atoms with van der Waals surface area (Å²) in [6, 6.07) is 4.01. The molecule has 0 saturated carbocycles. The van der Waals surface area contributed by atoms with Crippen LogP contribution in [0.15, 0.2) is 42.1 Å². The summed E-state index contributed by atoms with van der Waals surface area (Å²) in [5.74, 6) is 0.210. The lowest BCUT2D eigenvalue weighted by Crippen LogP contribution is -2.51. The van der Waals surface area contributed by atoms with Crippen LogP contribution in [0.4, 0.5) is 4.79 Å². The molecule has 0 radical (unpaired) electrons. The monoisotopic (exact) mass is 465 g/mol. The molecule has 1 saturated heterocycles. The van der Waals surface area contributed by atoms with Crippen molar-refractivity contribution in [1.29, 1.82) is 0 Å².